The first-order chi connectivity index (χ1) is 4.98. The van der Waals surface area contributed by atoms with Crippen LogP contribution in [0.3, 0.4) is 0 Å². The summed E-state index contributed by atoms with van der Waals surface area (Å²) in [5.74, 6) is -0.827. The fourth-order valence-electron chi connectivity index (χ4n) is 0.477. The van der Waals surface area contributed by atoms with Crippen molar-refractivity contribution in [3.63, 3.8) is 0 Å². The normalized spacial score (nSPS) is 15.8. The van der Waals surface area contributed by atoms with Gasteiger partial charge in [0.15, 0.2) is 0 Å². The molecule has 66 valence electrons. The molecule has 0 rings (SSSR count). The molecule has 0 radical (unpaired) electrons. The summed E-state index contributed by atoms with van der Waals surface area (Å²) < 4.78 is 15.3. The summed E-state index contributed by atoms with van der Waals surface area (Å²) in [5, 5.41) is 0. The summed E-state index contributed by atoms with van der Waals surface area (Å²) >= 11 is 0. The average molecular weight is 181 g/mol. The number of carbonyl (C=O) groups excluding carboxylic acids is 1. The largest absolute Gasteiger partial charge is 0.369 e. The van der Waals surface area contributed by atoms with Crippen molar-refractivity contribution in [2.75, 3.05) is 12.8 Å². The molecule has 0 aromatic carbocycles. The summed E-state index contributed by atoms with van der Waals surface area (Å²) in [5.41, 5.74) is 4.70. The monoisotopic (exact) mass is 181 g/mol. The Morgan fingerprint density at radius 3 is 2.64 bits per heavy atom. The standard InChI is InChI=1S/C5H12NO4P/c1-2-3-10-11(8,9)4-5(6)7/h2-4H2,1H3,(H2,6,7)(H,8,9). The minimum atomic E-state index is -3.74. The molecule has 1 amide bonds. The SMILES string of the molecule is CCCOP(=O)(O)CC(N)=O. The van der Waals surface area contributed by atoms with E-state index in [2.05, 4.69) is 4.52 Å². The topological polar surface area (TPSA) is 89.6 Å². The van der Waals surface area contributed by atoms with Crippen LogP contribution in [-0.2, 0) is 13.9 Å². The van der Waals surface area contributed by atoms with Gasteiger partial charge in [-0.05, 0) is 6.42 Å². The van der Waals surface area contributed by atoms with E-state index in [9.17, 15) is 9.36 Å². The van der Waals surface area contributed by atoms with E-state index < -0.39 is 19.7 Å². The summed E-state index contributed by atoms with van der Waals surface area (Å²) in [6.07, 6.45) is 0.0241. The van der Waals surface area contributed by atoms with Crippen molar-refractivity contribution in [3.05, 3.63) is 0 Å². The number of hydrogen-bond acceptors (Lipinski definition) is 3. The highest BCUT2D eigenvalue weighted by Gasteiger charge is 2.21. The predicted molar refractivity (Wildman–Crippen MR) is 40.1 cm³/mol. The maximum atomic E-state index is 10.8. The van der Waals surface area contributed by atoms with E-state index in [0.29, 0.717) is 6.42 Å². The van der Waals surface area contributed by atoms with Gasteiger partial charge in [-0.15, -0.1) is 0 Å². The van der Waals surface area contributed by atoms with Gasteiger partial charge in [0.1, 0.15) is 6.16 Å². The highest BCUT2D eigenvalue weighted by Crippen LogP contribution is 2.40. The van der Waals surface area contributed by atoms with E-state index in [1.54, 1.807) is 6.92 Å². The molecule has 0 spiro atoms. The zero-order valence-corrected chi connectivity index (χ0v) is 7.21. The van der Waals surface area contributed by atoms with Gasteiger partial charge < -0.3 is 15.2 Å². The average Bonchev–Trinajstić information content (AvgIpc) is 1.81. The van der Waals surface area contributed by atoms with Gasteiger partial charge in [-0.3, -0.25) is 9.36 Å². The van der Waals surface area contributed by atoms with Crippen molar-refractivity contribution in [3.8, 4) is 0 Å². The van der Waals surface area contributed by atoms with Gasteiger partial charge in [0.2, 0.25) is 5.91 Å². The molecule has 5 nitrogen and oxygen atoms in total. The molecule has 1 unspecified atom stereocenters. The van der Waals surface area contributed by atoms with Crippen LogP contribution < -0.4 is 5.73 Å². The number of hydrogen-bond donors (Lipinski definition) is 2. The lowest BCUT2D eigenvalue weighted by atomic mass is 10.5. The molecule has 1 atom stereocenters. The first kappa shape index (κ1) is 10.6. The van der Waals surface area contributed by atoms with Gasteiger partial charge in [0.05, 0.1) is 6.61 Å². The number of primary amides is 1. The number of nitrogens with two attached hydrogens (primary N) is 1. The molecule has 0 heterocycles. The molecule has 0 aliphatic rings. The molecule has 0 aliphatic carbocycles. The maximum Gasteiger partial charge on any atom is 0.337 e. The third kappa shape index (κ3) is 6.04. The molecule has 0 aliphatic heterocycles. The van der Waals surface area contributed by atoms with Gasteiger partial charge >= 0.3 is 7.60 Å². The zero-order chi connectivity index (χ0) is 8.91. The fraction of sp³-hybridized carbons (Fsp3) is 0.800. The van der Waals surface area contributed by atoms with E-state index in [-0.39, 0.29) is 6.61 Å². The van der Waals surface area contributed by atoms with Gasteiger partial charge in [-0.2, -0.15) is 0 Å². The van der Waals surface area contributed by atoms with Crippen molar-refractivity contribution in [1.82, 2.24) is 0 Å². The summed E-state index contributed by atoms with van der Waals surface area (Å²) in [7, 11) is -3.74. The molecule has 3 N–H and O–H groups in total. The Morgan fingerprint density at radius 1 is 1.73 bits per heavy atom. The number of amides is 1. The fourth-order valence-corrected chi connectivity index (χ4v) is 1.43. The smallest absolute Gasteiger partial charge is 0.337 e. The van der Waals surface area contributed by atoms with Crippen LogP contribution in [0, 0.1) is 0 Å². The van der Waals surface area contributed by atoms with E-state index in [4.69, 9.17) is 10.6 Å². The van der Waals surface area contributed by atoms with Crippen LogP contribution in [-0.4, -0.2) is 23.6 Å². The Hall–Kier alpha value is -0.380. The molecular weight excluding hydrogens is 169 g/mol. The summed E-state index contributed by atoms with van der Waals surface area (Å²) in [6.45, 7) is 1.96. The molecular formula is C5H12NO4P. The third-order valence-electron chi connectivity index (χ3n) is 0.853. The van der Waals surface area contributed by atoms with Crippen LogP contribution in [0.5, 0.6) is 0 Å². The van der Waals surface area contributed by atoms with Gasteiger partial charge in [0, 0.05) is 0 Å². The minimum absolute atomic E-state index is 0.168. The van der Waals surface area contributed by atoms with Crippen LogP contribution in [0.25, 0.3) is 0 Å². The van der Waals surface area contributed by atoms with Crippen LogP contribution in [0.4, 0.5) is 0 Å². The Kier molecular flexibility index (Phi) is 4.33. The van der Waals surface area contributed by atoms with Gasteiger partial charge in [0.25, 0.3) is 0 Å². The molecule has 0 saturated heterocycles. The second kappa shape index (κ2) is 4.49. The highest BCUT2D eigenvalue weighted by molar-refractivity contribution is 7.53. The van der Waals surface area contributed by atoms with Gasteiger partial charge in [-0.1, -0.05) is 6.92 Å². The van der Waals surface area contributed by atoms with Crippen molar-refractivity contribution < 1.29 is 18.8 Å². The molecule has 0 aromatic rings. The lowest BCUT2D eigenvalue weighted by Crippen LogP contribution is -2.16. The van der Waals surface area contributed by atoms with Crippen LogP contribution >= 0.6 is 7.60 Å². The number of carbonyl (C=O) groups is 1. The molecule has 0 fully saturated rings. The summed E-state index contributed by atoms with van der Waals surface area (Å²) in [6, 6.07) is 0. The second-order valence-corrected chi connectivity index (χ2v) is 3.94. The first-order valence-electron chi connectivity index (χ1n) is 3.22. The second-order valence-electron chi connectivity index (χ2n) is 2.10. The molecule has 0 bridgehead atoms. The Morgan fingerprint density at radius 2 is 2.27 bits per heavy atom. The van der Waals surface area contributed by atoms with Crippen molar-refractivity contribution in [2.24, 2.45) is 5.73 Å². The molecule has 6 heteroatoms. The predicted octanol–water partition coefficient (Wildman–Crippen LogP) is 0.0837. The maximum absolute atomic E-state index is 10.8. The van der Waals surface area contributed by atoms with E-state index in [0.717, 1.165) is 0 Å². The lowest BCUT2D eigenvalue weighted by Gasteiger charge is -2.08. The number of rotatable bonds is 5. The van der Waals surface area contributed by atoms with E-state index in [1.807, 2.05) is 0 Å². The Bertz CT molecular complexity index is 181. The zero-order valence-electron chi connectivity index (χ0n) is 6.32. The molecule has 0 aromatic heterocycles. The van der Waals surface area contributed by atoms with Crippen LogP contribution in [0.1, 0.15) is 13.3 Å². The van der Waals surface area contributed by atoms with Crippen molar-refractivity contribution in [1.29, 1.82) is 0 Å². The minimum Gasteiger partial charge on any atom is -0.369 e. The van der Waals surface area contributed by atoms with E-state index >= 15 is 0 Å². The Balaban J connectivity index is 3.80. The van der Waals surface area contributed by atoms with Crippen molar-refractivity contribution >= 4 is 13.5 Å². The van der Waals surface area contributed by atoms with Crippen LogP contribution in [0.15, 0.2) is 0 Å². The highest BCUT2D eigenvalue weighted by atomic mass is 31.2. The van der Waals surface area contributed by atoms with E-state index in [1.165, 1.54) is 0 Å². The van der Waals surface area contributed by atoms with Crippen molar-refractivity contribution in [2.45, 2.75) is 13.3 Å². The lowest BCUT2D eigenvalue weighted by molar-refractivity contribution is -0.115. The first-order valence-corrected chi connectivity index (χ1v) is 4.99. The third-order valence-corrected chi connectivity index (χ3v) is 2.15. The quantitative estimate of drug-likeness (QED) is 0.588. The van der Waals surface area contributed by atoms with Crippen LogP contribution in [0.2, 0.25) is 0 Å². The molecule has 0 saturated carbocycles. The Labute approximate surface area is 65.1 Å². The molecule has 11 heavy (non-hydrogen) atoms. The van der Waals surface area contributed by atoms with Gasteiger partial charge in [-0.25, -0.2) is 0 Å². The summed E-state index contributed by atoms with van der Waals surface area (Å²) in [4.78, 5) is 19.0.